The maximum Gasteiger partial charge on any atom is 0.123 e. The van der Waals surface area contributed by atoms with Crippen molar-refractivity contribution in [1.29, 1.82) is 0 Å². The lowest BCUT2D eigenvalue weighted by atomic mass is 10.1. The molecule has 21 heavy (non-hydrogen) atoms. The Bertz CT molecular complexity index is 435. The van der Waals surface area contributed by atoms with Gasteiger partial charge in [-0.25, -0.2) is 0 Å². The minimum Gasteiger partial charge on any atom is -0.494 e. The van der Waals surface area contributed by atoms with Gasteiger partial charge in [-0.05, 0) is 65.3 Å². The van der Waals surface area contributed by atoms with Gasteiger partial charge in [-0.15, -0.1) is 6.58 Å². The smallest absolute Gasteiger partial charge is 0.123 e. The number of nitrogens with one attached hydrogen (secondary N) is 1. The highest BCUT2D eigenvalue weighted by Gasteiger charge is 2.08. The number of rotatable bonds is 9. The average Bonchev–Trinajstić information content (AvgIpc) is 2.40. The van der Waals surface area contributed by atoms with Crippen molar-refractivity contribution in [2.45, 2.75) is 46.1 Å². The summed E-state index contributed by atoms with van der Waals surface area (Å²) >= 11 is 0. The molecule has 1 aromatic rings. The van der Waals surface area contributed by atoms with E-state index in [4.69, 9.17) is 9.47 Å². The van der Waals surface area contributed by atoms with Crippen molar-refractivity contribution in [3.8, 4) is 11.5 Å². The molecule has 3 nitrogen and oxygen atoms in total. The molecule has 0 saturated carbocycles. The number of ether oxygens (including phenoxy) is 2. The van der Waals surface area contributed by atoms with Crippen LogP contribution in [-0.2, 0) is 6.42 Å². The molecule has 0 unspecified atom stereocenters. The first kappa shape index (κ1) is 17.6. The largest absolute Gasteiger partial charge is 0.494 e. The highest BCUT2D eigenvalue weighted by molar-refractivity contribution is 5.41. The Morgan fingerprint density at radius 3 is 2.62 bits per heavy atom. The lowest BCUT2D eigenvalue weighted by Gasteiger charge is -2.20. The van der Waals surface area contributed by atoms with Crippen LogP contribution >= 0.6 is 0 Å². The normalized spacial score (nSPS) is 11.2. The molecule has 0 bridgehead atoms. The topological polar surface area (TPSA) is 30.5 Å². The van der Waals surface area contributed by atoms with E-state index in [1.807, 2.05) is 31.2 Å². The molecule has 0 amide bonds. The van der Waals surface area contributed by atoms with Crippen LogP contribution in [0.15, 0.2) is 30.9 Å². The van der Waals surface area contributed by atoms with Gasteiger partial charge in [0.15, 0.2) is 0 Å². The number of hydrogen-bond donors (Lipinski definition) is 1. The molecule has 0 aromatic heterocycles. The first-order valence-electron chi connectivity index (χ1n) is 7.70. The van der Waals surface area contributed by atoms with E-state index in [0.29, 0.717) is 13.2 Å². The van der Waals surface area contributed by atoms with Crippen LogP contribution in [0.4, 0.5) is 0 Å². The molecular weight excluding hydrogens is 262 g/mol. The van der Waals surface area contributed by atoms with E-state index in [9.17, 15) is 0 Å². The lowest BCUT2D eigenvalue weighted by molar-refractivity contribution is 0.294. The second kappa shape index (κ2) is 8.73. The molecule has 1 rings (SSSR count). The van der Waals surface area contributed by atoms with Gasteiger partial charge < -0.3 is 14.8 Å². The minimum absolute atomic E-state index is 0.160. The first-order chi connectivity index (χ1) is 9.96. The quantitative estimate of drug-likeness (QED) is 0.551. The molecule has 0 fully saturated rings. The molecule has 0 aliphatic rings. The maximum atomic E-state index is 5.89. The van der Waals surface area contributed by atoms with Gasteiger partial charge >= 0.3 is 0 Å². The summed E-state index contributed by atoms with van der Waals surface area (Å²) in [4.78, 5) is 0. The van der Waals surface area contributed by atoms with Crippen molar-refractivity contribution in [2.24, 2.45) is 0 Å². The Morgan fingerprint density at radius 2 is 2.00 bits per heavy atom. The summed E-state index contributed by atoms with van der Waals surface area (Å²) in [5.41, 5.74) is 1.28. The van der Waals surface area contributed by atoms with Crippen LogP contribution in [-0.4, -0.2) is 25.3 Å². The predicted octanol–water partition coefficient (Wildman–Crippen LogP) is 3.97. The third-order valence-corrected chi connectivity index (χ3v) is 2.94. The van der Waals surface area contributed by atoms with Crippen molar-refractivity contribution in [2.75, 3.05) is 19.8 Å². The van der Waals surface area contributed by atoms with Gasteiger partial charge in [-0.1, -0.05) is 6.08 Å². The first-order valence-corrected chi connectivity index (χ1v) is 7.70. The molecule has 0 radical (unpaired) electrons. The van der Waals surface area contributed by atoms with Crippen molar-refractivity contribution in [3.05, 3.63) is 36.4 Å². The summed E-state index contributed by atoms with van der Waals surface area (Å²) in [5.74, 6) is 1.81. The van der Waals surface area contributed by atoms with E-state index in [2.05, 4.69) is 32.7 Å². The number of allylic oxidation sites excluding steroid dienone is 1. The summed E-state index contributed by atoms with van der Waals surface area (Å²) in [5, 5.41) is 3.46. The lowest BCUT2D eigenvalue weighted by Crippen LogP contribution is -2.36. The van der Waals surface area contributed by atoms with Gasteiger partial charge in [0.25, 0.3) is 0 Å². The van der Waals surface area contributed by atoms with Gasteiger partial charge in [0.05, 0.1) is 13.2 Å². The van der Waals surface area contributed by atoms with E-state index in [0.717, 1.165) is 36.4 Å². The summed E-state index contributed by atoms with van der Waals surface area (Å²) in [6.45, 7) is 14.6. The van der Waals surface area contributed by atoms with E-state index in [-0.39, 0.29) is 5.54 Å². The Kier molecular flexibility index (Phi) is 7.30. The molecule has 0 atom stereocenters. The van der Waals surface area contributed by atoms with Crippen LogP contribution in [0.3, 0.4) is 0 Å². The Hall–Kier alpha value is -1.48. The van der Waals surface area contributed by atoms with Gasteiger partial charge in [0, 0.05) is 11.1 Å². The Morgan fingerprint density at radius 1 is 1.24 bits per heavy atom. The molecular formula is C18H29NO2. The monoisotopic (exact) mass is 291 g/mol. The van der Waals surface area contributed by atoms with Crippen molar-refractivity contribution in [3.63, 3.8) is 0 Å². The Balaban J connectivity index is 2.51. The van der Waals surface area contributed by atoms with Gasteiger partial charge in [-0.3, -0.25) is 0 Å². The van der Waals surface area contributed by atoms with Gasteiger partial charge in [0.1, 0.15) is 11.5 Å². The zero-order valence-electron chi connectivity index (χ0n) is 13.9. The maximum absolute atomic E-state index is 5.89. The predicted molar refractivity (Wildman–Crippen MR) is 89.4 cm³/mol. The molecule has 1 N–H and O–H groups in total. The molecule has 3 heteroatoms. The molecule has 0 aliphatic carbocycles. The summed E-state index contributed by atoms with van der Waals surface area (Å²) in [7, 11) is 0. The van der Waals surface area contributed by atoms with Gasteiger partial charge in [0.2, 0.25) is 0 Å². The third-order valence-electron chi connectivity index (χ3n) is 2.94. The van der Waals surface area contributed by atoms with E-state index < -0.39 is 0 Å². The summed E-state index contributed by atoms with van der Waals surface area (Å²) in [6.07, 6.45) is 3.66. The second-order valence-electron chi connectivity index (χ2n) is 6.07. The highest BCUT2D eigenvalue weighted by atomic mass is 16.5. The van der Waals surface area contributed by atoms with Crippen molar-refractivity contribution >= 4 is 0 Å². The fourth-order valence-electron chi connectivity index (χ4n) is 1.99. The van der Waals surface area contributed by atoms with Crippen molar-refractivity contribution < 1.29 is 9.47 Å². The fraction of sp³-hybridized carbons (Fsp3) is 0.556. The van der Waals surface area contributed by atoms with Crippen LogP contribution in [0.5, 0.6) is 11.5 Å². The van der Waals surface area contributed by atoms with Crippen LogP contribution in [0.2, 0.25) is 0 Å². The van der Waals surface area contributed by atoms with E-state index >= 15 is 0 Å². The van der Waals surface area contributed by atoms with Crippen LogP contribution < -0.4 is 14.8 Å². The van der Waals surface area contributed by atoms with Crippen LogP contribution in [0.1, 0.15) is 39.7 Å². The zero-order valence-corrected chi connectivity index (χ0v) is 13.9. The zero-order chi connectivity index (χ0) is 15.7. The average molecular weight is 291 g/mol. The number of benzene rings is 1. The molecule has 1 aromatic carbocycles. The molecule has 118 valence electrons. The molecule has 0 heterocycles. The van der Waals surface area contributed by atoms with E-state index in [1.165, 1.54) is 0 Å². The second-order valence-corrected chi connectivity index (χ2v) is 6.07. The van der Waals surface area contributed by atoms with E-state index in [1.54, 1.807) is 0 Å². The Labute approximate surface area is 129 Å². The van der Waals surface area contributed by atoms with Crippen molar-refractivity contribution in [1.82, 2.24) is 5.32 Å². The standard InChI is InChI=1S/C18H29NO2/c1-6-9-15-14-16(20-7-2)10-11-17(15)21-13-8-12-19-18(3,4)5/h6,10-11,14,19H,1,7-9,12-13H2,2-5H3. The van der Waals surface area contributed by atoms with Crippen LogP contribution in [0.25, 0.3) is 0 Å². The molecule has 0 spiro atoms. The van der Waals surface area contributed by atoms with Gasteiger partial charge in [-0.2, -0.15) is 0 Å². The molecule has 0 aliphatic heterocycles. The fourth-order valence-corrected chi connectivity index (χ4v) is 1.99. The SMILES string of the molecule is C=CCc1cc(OCC)ccc1OCCCNC(C)(C)C. The third kappa shape index (κ3) is 7.19. The number of hydrogen-bond acceptors (Lipinski definition) is 3. The minimum atomic E-state index is 0.160. The highest BCUT2D eigenvalue weighted by Crippen LogP contribution is 2.25. The summed E-state index contributed by atoms with van der Waals surface area (Å²) < 4.78 is 11.4. The summed E-state index contributed by atoms with van der Waals surface area (Å²) in [6, 6.07) is 5.98. The van der Waals surface area contributed by atoms with Crippen LogP contribution in [0, 0.1) is 0 Å². The molecule has 0 saturated heterocycles.